The molecule has 0 saturated carbocycles. The van der Waals surface area contributed by atoms with Crippen LogP contribution in [-0.2, 0) is 4.79 Å². The van der Waals surface area contributed by atoms with Crippen LogP contribution in [0.5, 0.6) is 0 Å². The summed E-state index contributed by atoms with van der Waals surface area (Å²) in [4.78, 5) is 12.1. The Bertz CT molecular complexity index is 108. The summed E-state index contributed by atoms with van der Waals surface area (Å²) in [5.74, 6) is -0.761. The minimum atomic E-state index is -0.664. The smallest absolute Gasteiger partial charge is 0.309 e. The van der Waals surface area contributed by atoms with Crippen LogP contribution >= 0.6 is 0 Å². The lowest BCUT2D eigenvalue weighted by Crippen LogP contribution is -2.47. The van der Waals surface area contributed by atoms with Crippen molar-refractivity contribution in [1.29, 1.82) is 0 Å². The Hall–Kier alpha value is -0.570. The molecule has 1 heterocycles. The molecule has 60 valence electrons. The number of carbonyl (C=O) groups is 1. The Balaban J connectivity index is 0.000000371. The van der Waals surface area contributed by atoms with Crippen molar-refractivity contribution in [2.24, 2.45) is 5.92 Å². The normalized spacial score (nSPS) is 18.7. The maximum absolute atomic E-state index is 10.1. The van der Waals surface area contributed by atoms with E-state index in [9.17, 15) is 4.79 Å². The van der Waals surface area contributed by atoms with E-state index in [0.29, 0.717) is 0 Å². The fourth-order valence-electron chi connectivity index (χ4n) is 0.855. The van der Waals surface area contributed by atoms with E-state index >= 15 is 0 Å². The van der Waals surface area contributed by atoms with Gasteiger partial charge in [0.25, 0.3) is 0 Å². The lowest BCUT2D eigenvalue weighted by atomic mass is 10.0. The van der Waals surface area contributed by atoms with Gasteiger partial charge in [0.05, 0.1) is 5.92 Å². The first-order chi connectivity index (χ1) is 4.70. The van der Waals surface area contributed by atoms with Crippen LogP contribution in [0, 0.1) is 5.92 Å². The Morgan fingerprint density at radius 3 is 2.00 bits per heavy atom. The zero-order valence-electron chi connectivity index (χ0n) is 6.79. The van der Waals surface area contributed by atoms with Crippen LogP contribution in [0.25, 0.3) is 0 Å². The predicted octanol–water partition coefficient (Wildman–Crippen LogP) is 0.659. The van der Waals surface area contributed by atoms with Gasteiger partial charge < -0.3 is 10.0 Å². The molecule has 0 aromatic heterocycles. The number of carboxylic acids is 1. The van der Waals surface area contributed by atoms with Gasteiger partial charge in [0, 0.05) is 13.1 Å². The minimum Gasteiger partial charge on any atom is -0.481 e. The van der Waals surface area contributed by atoms with Crippen molar-refractivity contribution in [2.45, 2.75) is 13.8 Å². The monoisotopic (exact) mass is 145 g/mol. The molecule has 3 heteroatoms. The number of hydrogen-bond acceptors (Lipinski definition) is 2. The molecular weight excluding hydrogens is 130 g/mol. The van der Waals surface area contributed by atoms with Gasteiger partial charge in [-0.25, -0.2) is 0 Å². The summed E-state index contributed by atoms with van der Waals surface area (Å²) in [7, 11) is 1.92. The second-order valence-electron chi connectivity index (χ2n) is 2.26. The molecular formula is C7H15NO2. The zero-order valence-corrected chi connectivity index (χ0v) is 6.79. The van der Waals surface area contributed by atoms with Crippen LogP contribution in [0.15, 0.2) is 0 Å². The Labute approximate surface area is 61.6 Å². The van der Waals surface area contributed by atoms with E-state index in [1.54, 1.807) is 0 Å². The van der Waals surface area contributed by atoms with Crippen LogP contribution < -0.4 is 0 Å². The highest BCUT2D eigenvalue weighted by Crippen LogP contribution is 2.11. The van der Waals surface area contributed by atoms with E-state index in [-0.39, 0.29) is 5.92 Å². The molecule has 1 saturated heterocycles. The first-order valence-electron chi connectivity index (χ1n) is 3.61. The van der Waals surface area contributed by atoms with E-state index in [2.05, 4.69) is 0 Å². The number of aliphatic carboxylic acids is 1. The van der Waals surface area contributed by atoms with Gasteiger partial charge in [0.1, 0.15) is 0 Å². The third-order valence-electron chi connectivity index (χ3n) is 1.41. The lowest BCUT2D eigenvalue weighted by Gasteiger charge is -2.32. The topological polar surface area (TPSA) is 40.5 Å². The number of hydrogen-bond donors (Lipinski definition) is 1. The fraction of sp³-hybridized carbons (Fsp3) is 0.857. The molecule has 0 aromatic rings. The molecule has 1 rings (SSSR count). The van der Waals surface area contributed by atoms with Crippen LogP contribution in [0.1, 0.15) is 13.8 Å². The van der Waals surface area contributed by atoms with Crippen molar-refractivity contribution in [1.82, 2.24) is 4.90 Å². The van der Waals surface area contributed by atoms with E-state index in [0.717, 1.165) is 13.1 Å². The molecule has 0 spiro atoms. The van der Waals surface area contributed by atoms with Crippen molar-refractivity contribution in [2.75, 3.05) is 20.1 Å². The molecule has 0 aromatic carbocycles. The third kappa shape index (κ3) is 2.35. The standard InChI is InChI=1S/C5H9NO2.C2H6/c1-6-2-4(3-6)5(7)8;1-2/h4H,2-3H2,1H3,(H,7,8);1-2H3. The van der Waals surface area contributed by atoms with E-state index in [1.807, 2.05) is 25.8 Å². The van der Waals surface area contributed by atoms with Crippen molar-refractivity contribution in [3.05, 3.63) is 0 Å². The maximum atomic E-state index is 10.1. The summed E-state index contributed by atoms with van der Waals surface area (Å²) in [6.07, 6.45) is 0. The second kappa shape index (κ2) is 4.28. The van der Waals surface area contributed by atoms with Gasteiger partial charge in [-0.05, 0) is 7.05 Å². The Morgan fingerprint density at radius 1 is 1.50 bits per heavy atom. The summed E-state index contributed by atoms with van der Waals surface area (Å²) in [5.41, 5.74) is 0. The van der Waals surface area contributed by atoms with Gasteiger partial charge in [-0.1, -0.05) is 13.8 Å². The predicted molar refractivity (Wildman–Crippen MR) is 40.0 cm³/mol. The molecule has 3 nitrogen and oxygen atoms in total. The van der Waals surface area contributed by atoms with Gasteiger partial charge in [0.15, 0.2) is 0 Å². The maximum Gasteiger partial charge on any atom is 0.309 e. The first-order valence-corrected chi connectivity index (χ1v) is 3.61. The summed E-state index contributed by atoms with van der Waals surface area (Å²) in [6.45, 7) is 5.44. The molecule has 0 bridgehead atoms. The van der Waals surface area contributed by atoms with Crippen molar-refractivity contribution in [3.8, 4) is 0 Å². The quantitative estimate of drug-likeness (QED) is 0.589. The molecule has 1 N–H and O–H groups in total. The second-order valence-corrected chi connectivity index (χ2v) is 2.26. The number of carboxylic acid groups (broad SMARTS) is 1. The third-order valence-corrected chi connectivity index (χ3v) is 1.41. The molecule has 0 atom stereocenters. The van der Waals surface area contributed by atoms with Gasteiger partial charge in [-0.15, -0.1) is 0 Å². The van der Waals surface area contributed by atoms with Crippen LogP contribution in [-0.4, -0.2) is 36.1 Å². The summed E-state index contributed by atoms with van der Waals surface area (Å²) >= 11 is 0. The fourth-order valence-corrected chi connectivity index (χ4v) is 0.855. The van der Waals surface area contributed by atoms with Crippen LogP contribution in [0.3, 0.4) is 0 Å². The molecule has 0 unspecified atom stereocenters. The van der Waals surface area contributed by atoms with Crippen molar-refractivity contribution in [3.63, 3.8) is 0 Å². The van der Waals surface area contributed by atoms with Gasteiger partial charge in [-0.2, -0.15) is 0 Å². The number of likely N-dealkylation sites (tertiary alicyclic amines) is 1. The molecule has 0 radical (unpaired) electrons. The Kier molecular flexibility index (Phi) is 4.03. The number of rotatable bonds is 1. The molecule has 1 fully saturated rings. The average molecular weight is 145 g/mol. The van der Waals surface area contributed by atoms with Gasteiger partial charge in [0.2, 0.25) is 0 Å². The van der Waals surface area contributed by atoms with Crippen LogP contribution in [0.2, 0.25) is 0 Å². The molecule has 0 aliphatic carbocycles. The first kappa shape index (κ1) is 9.43. The summed E-state index contributed by atoms with van der Waals surface area (Å²) in [6, 6.07) is 0. The van der Waals surface area contributed by atoms with E-state index in [4.69, 9.17) is 5.11 Å². The Morgan fingerprint density at radius 2 is 1.90 bits per heavy atom. The highest BCUT2D eigenvalue weighted by Gasteiger charge is 2.29. The SMILES string of the molecule is CC.CN1CC(C(=O)O)C1. The van der Waals surface area contributed by atoms with Gasteiger partial charge in [-0.3, -0.25) is 4.79 Å². The lowest BCUT2D eigenvalue weighted by molar-refractivity contribution is -0.146. The highest BCUT2D eigenvalue weighted by atomic mass is 16.4. The molecule has 1 aliphatic heterocycles. The summed E-state index contributed by atoms with van der Waals surface area (Å²) < 4.78 is 0. The highest BCUT2D eigenvalue weighted by molar-refractivity contribution is 5.71. The molecule has 10 heavy (non-hydrogen) atoms. The minimum absolute atomic E-state index is 0.0972. The largest absolute Gasteiger partial charge is 0.481 e. The van der Waals surface area contributed by atoms with Crippen molar-refractivity contribution < 1.29 is 9.90 Å². The molecule has 1 aliphatic rings. The average Bonchev–Trinajstić information content (AvgIpc) is 1.86. The van der Waals surface area contributed by atoms with Gasteiger partial charge >= 0.3 is 5.97 Å². The van der Waals surface area contributed by atoms with E-state index < -0.39 is 5.97 Å². The summed E-state index contributed by atoms with van der Waals surface area (Å²) in [5, 5.41) is 8.32. The molecule has 0 amide bonds. The van der Waals surface area contributed by atoms with Crippen molar-refractivity contribution >= 4 is 5.97 Å². The van der Waals surface area contributed by atoms with E-state index in [1.165, 1.54) is 0 Å². The zero-order chi connectivity index (χ0) is 8.15. The van der Waals surface area contributed by atoms with Crippen LogP contribution in [0.4, 0.5) is 0 Å². The number of nitrogens with zero attached hydrogens (tertiary/aromatic N) is 1.